The van der Waals surface area contributed by atoms with Crippen molar-refractivity contribution in [3.63, 3.8) is 0 Å². The van der Waals surface area contributed by atoms with Gasteiger partial charge in [0.1, 0.15) is 11.8 Å². The van der Waals surface area contributed by atoms with Crippen LogP contribution < -0.4 is 15.8 Å². The molecule has 1 aliphatic rings. The number of primary amides is 1. The fourth-order valence-electron chi connectivity index (χ4n) is 3.99. The van der Waals surface area contributed by atoms with Gasteiger partial charge >= 0.3 is 6.18 Å². The number of rotatable bonds is 5. The molecule has 3 N–H and O–H groups in total. The molecule has 4 rings (SSSR count). The second-order valence-corrected chi connectivity index (χ2v) is 8.04. The number of anilines is 1. The molecule has 0 bridgehead atoms. The fourth-order valence-corrected chi connectivity index (χ4v) is 3.99. The van der Waals surface area contributed by atoms with Gasteiger partial charge in [0.25, 0.3) is 11.8 Å². The van der Waals surface area contributed by atoms with Gasteiger partial charge in [-0.3, -0.25) is 9.59 Å². The number of halogens is 5. The van der Waals surface area contributed by atoms with E-state index in [1.165, 1.54) is 12.1 Å². The number of carbonyl (C=O) groups is 2. The maximum Gasteiger partial charge on any atom is 0.421 e. The van der Waals surface area contributed by atoms with E-state index in [-0.39, 0.29) is 22.7 Å². The van der Waals surface area contributed by atoms with Crippen LogP contribution in [-0.2, 0) is 9.53 Å². The molecular formula is C22H18F5N5O4. The van der Waals surface area contributed by atoms with Crippen molar-refractivity contribution >= 4 is 23.3 Å². The lowest BCUT2D eigenvalue weighted by molar-refractivity contribution is -0.250. The van der Waals surface area contributed by atoms with E-state index in [1.54, 1.807) is 0 Å². The average Bonchev–Trinajstić information content (AvgIpc) is 3.35. The number of benzene rings is 1. The number of nitrogens with two attached hydrogens (primary N) is 1. The zero-order valence-electron chi connectivity index (χ0n) is 18.7. The van der Waals surface area contributed by atoms with Crippen molar-refractivity contribution in [1.29, 1.82) is 0 Å². The van der Waals surface area contributed by atoms with Crippen LogP contribution in [0.15, 0.2) is 42.6 Å². The highest BCUT2D eigenvalue weighted by molar-refractivity contribution is 5.95. The first kappa shape index (κ1) is 25.0. The molecule has 0 radical (unpaired) electrons. The quantitative estimate of drug-likeness (QED) is 0.401. The highest BCUT2D eigenvalue weighted by Crippen LogP contribution is 2.54. The van der Waals surface area contributed by atoms with Crippen molar-refractivity contribution in [1.82, 2.24) is 14.6 Å². The van der Waals surface area contributed by atoms with Gasteiger partial charge in [-0.25, -0.2) is 13.9 Å². The number of carbonyl (C=O) groups excluding carboxylic acids is 2. The Labute approximate surface area is 199 Å². The first-order chi connectivity index (χ1) is 16.8. The number of fused-ring (bicyclic) bond motifs is 1. The van der Waals surface area contributed by atoms with E-state index < -0.39 is 58.6 Å². The van der Waals surface area contributed by atoms with E-state index in [1.807, 2.05) is 0 Å². The maximum absolute atomic E-state index is 14.4. The van der Waals surface area contributed by atoms with Gasteiger partial charge < -0.3 is 20.5 Å². The molecule has 2 amide bonds. The van der Waals surface area contributed by atoms with E-state index in [9.17, 15) is 31.5 Å². The summed E-state index contributed by atoms with van der Waals surface area (Å²) in [6.07, 6.45) is -5.76. The molecule has 190 valence electrons. The van der Waals surface area contributed by atoms with Crippen molar-refractivity contribution in [2.24, 2.45) is 5.73 Å². The minimum absolute atomic E-state index is 0.111. The van der Waals surface area contributed by atoms with Crippen molar-refractivity contribution in [2.45, 2.75) is 30.7 Å². The van der Waals surface area contributed by atoms with E-state index in [4.69, 9.17) is 15.2 Å². The second-order valence-electron chi connectivity index (χ2n) is 8.04. The van der Waals surface area contributed by atoms with E-state index in [2.05, 4.69) is 22.0 Å². The number of nitrogens with zero attached hydrogens (tertiary/aromatic N) is 3. The Morgan fingerprint density at radius 1 is 1.25 bits per heavy atom. The monoisotopic (exact) mass is 511 g/mol. The lowest BCUT2D eigenvalue weighted by Crippen LogP contribution is -2.44. The molecule has 0 saturated carbocycles. The molecule has 0 aliphatic carbocycles. The fraction of sp³-hybridized carbons (Fsp3) is 0.273. The third-order valence-electron chi connectivity index (χ3n) is 5.94. The summed E-state index contributed by atoms with van der Waals surface area (Å²) in [4.78, 5) is 28.7. The predicted octanol–water partition coefficient (Wildman–Crippen LogP) is 3.11. The van der Waals surface area contributed by atoms with Crippen LogP contribution in [0.25, 0.3) is 5.65 Å². The van der Waals surface area contributed by atoms with Crippen LogP contribution in [0.1, 0.15) is 28.9 Å². The summed E-state index contributed by atoms with van der Waals surface area (Å²) in [6.45, 7) is 4.17. The van der Waals surface area contributed by atoms with E-state index in [0.29, 0.717) is 13.0 Å². The molecule has 1 fully saturated rings. The average molecular weight is 511 g/mol. The van der Waals surface area contributed by atoms with E-state index >= 15 is 0 Å². The summed E-state index contributed by atoms with van der Waals surface area (Å²) in [6, 6.07) is 4.34. The molecule has 3 heterocycles. The Hall–Kier alpha value is -4.07. The first-order valence-electron chi connectivity index (χ1n) is 10.2. The number of methoxy groups -OCH3 is 1. The number of aromatic nitrogens is 3. The summed E-state index contributed by atoms with van der Waals surface area (Å²) in [5, 5.41) is 6.33. The van der Waals surface area contributed by atoms with Crippen molar-refractivity contribution < 1.29 is 41.0 Å². The van der Waals surface area contributed by atoms with Crippen LogP contribution in [-0.4, -0.2) is 51.4 Å². The summed E-state index contributed by atoms with van der Waals surface area (Å²) in [7, 11) is 0.999. The van der Waals surface area contributed by atoms with Crippen LogP contribution in [0.4, 0.5) is 27.8 Å². The highest BCUT2D eigenvalue weighted by Gasteiger charge is 2.64. The SMILES string of the molecule is C=C1[C@@H](c2ccc(F)c(F)c2OC)[C@H](C(=O)Nc2ccc3ncc(C(N)=O)n3n2)O[C@@]1(C)C(F)(F)F. The molecule has 1 aromatic carbocycles. The third-order valence-corrected chi connectivity index (χ3v) is 5.94. The van der Waals surface area contributed by atoms with Crippen LogP contribution in [0.5, 0.6) is 5.75 Å². The molecule has 1 aliphatic heterocycles. The topological polar surface area (TPSA) is 121 Å². The minimum atomic E-state index is -5.01. The summed E-state index contributed by atoms with van der Waals surface area (Å²) in [5.41, 5.74) is 1.47. The van der Waals surface area contributed by atoms with Gasteiger partial charge in [-0.15, -0.1) is 5.10 Å². The molecule has 3 aromatic rings. The number of hydrogen-bond donors (Lipinski definition) is 2. The Balaban J connectivity index is 1.77. The standard InChI is InChI=1S/C22H18F5N5O4/c1-9-15(10-4-5-11(23)16(24)17(10)35-3)18(36-21(9,2)22(25,26)27)20(34)30-13-6-7-14-29-8-12(19(28)33)32(14)31-13/h4-8,15,18H,1H2,2-3H3,(H2,28,33)(H,30,31,34)/t15-,18+,21+/m0/s1. The molecule has 36 heavy (non-hydrogen) atoms. The van der Waals surface area contributed by atoms with Crippen LogP contribution >= 0.6 is 0 Å². The zero-order valence-corrected chi connectivity index (χ0v) is 18.7. The number of hydrogen-bond acceptors (Lipinski definition) is 6. The molecule has 9 nitrogen and oxygen atoms in total. The highest BCUT2D eigenvalue weighted by atomic mass is 19.4. The molecule has 3 atom stereocenters. The second kappa shape index (κ2) is 8.55. The van der Waals surface area contributed by atoms with Crippen molar-refractivity contribution in [2.75, 3.05) is 12.4 Å². The normalized spacial score (nSPS) is 22.1. The van der Waals surface area contributed by atoms with Gasteiger partial charge in [0.15, 0.2) is 28.6 Å². The van der Waals surface area contributed by atoms with Gasteiger partial charge in [0.2, 0.25) is 5.82 Å². The Morgan fingerprint density at radius 2 is 1.94 bits per heavy atom. The Morgan fingerprint density at radius 3 is 2.56 bits per heavy atom. The maximum atomic E-state index is 14.4. The first-order valence-corrected chi connectivity index (χ1v) is 10.2. The van der Waals surface area contributed by atoms with Crippen LogP contribution in [0, 0.1) is 11.6 Å². The smallest absolute Gasteiger partial charge is 0.421 e. The van der Waals surface area contributed by atoms with Gasteiger partial charge in [-0.05, 0) is 30.7 Å². The summed E-state index contributed by atoms with van der Waals surface area (Å²) < 4.78 is 81.3. The molecule has 2 aromatic heterocycles. The minimum Gasteiger partial charge on any atom is -0.493 e. The molecule has 0 unspecified atom stereocenters. The molecular weight excluding hydrogens is 493 g/mol. The largest absolute Gasteiger partial charge is 0.493 e. The summed E-state index contributed by atoms with van der Waals surface area (Å²) in [5.74, 6) is -7.18. The lowest BCUT2D eigenvalue weighted by Gasteiger charge is -2.28. The van der Waals surface area contributed by atoms with Gasteiger partial charge in [-0.2, -0.15) is 17.6 Å². The Bertz CT molecular complexity index is 1410. The molecule has 1 saturated heterocycles. The number of alkyl halides is 3. The number of imidazole rings is 1. The van der Waals surface area contributed by atoms with Crippen molar-refractivity contribution in [3.05, 3.63) is 65.5 Å². The van der Waals surface area contributed by atoms with Gasteiger partial charge in [0, 0.05) is 11.5 Å². The number of nitrogens with one attached hydrogen (secondary N) is 1. The zero-order chi connectivity index (χ0) is 26.6. The van der Waals surface area contributed by atoms with Crippen LogP contribution in [0.3, 0.4) is 0 Å². The molecule has 0 spiro atoms. The predicted molar refractivity (Wildman–Crippen MR) is 114 cm³/mol. The van der Waals surface area contributed by atoms with Gasteiger partial charge in [-0.1, -0.05) is 12.6 Å². The lowest BCUT2D eigenvalue weighted by atomic mass is 9.81. The number of amides is 2. The van der Waals surface area contributed by atoms with Crippen molar-refractivity contribution in [3.8, 4) is 5.75 Å². The van der Waals surface area contributed by atoms with Crippen LogP contribution in [0.2, 0.25) is 0 Å². The van der Waals surface area contributed by atoms with Gasteiger partial charge in [0.05, 0.1) is 13.3 Å². The molecule has 14 heteroatoms. The third kappa shape index (κ3) is 3.82. The number of ether oxygens (including phenoxy) is 2. The van der Waals surface area contributed by atoms with E-state index in [0.717, 1.165) is 23.9 Å². The summed E-state index contributed by atoms with van der Waals surface area (Å²) >= 11 is 0. The Kier molecular flexibility index (Phi) is 5.95.